The zero-order valence-electron chi connectivity index (χ0n) is 7.88. The summed E-state index contributed by atoms with van der Waals surface area (Å²) in [6.07, 6.45) is 0.454. The van der Waals surface area contributed by atoms with Gasteiger partial charge in [-0.3, -0.25) is 4.79 Å². The molecule has 1 rings (SSSR count). The van der Waals surface area contributed by atoms with E-state index in [0.29, 0.717) is 12.0 Å². The smallest absolute Gasteiger partial charge is 0.139 e. The van der Waals surface area contributed by atoms with Crippen LogP contribution in [0, 0.1) is 5.82 Å². The molecule has 0 aliphatic carbocycles. The van der Waals surface area contributed by atoms with Crippen LogP contribution in [0.5, 0.6) is 0 Å². The van der Waals surface area contributed by atoms with Crippen LogP contribution in [0.3, 0.4) is 0 Å². The van der Waals surface area contributed by atoms with Gasteiger partial charge in [0.2, 0.25) is 0 Å². The lowest BCUT2D eigenvalue weighted by Gasteiger charge is -2.09. The average molecular weight is 180 g/mol. The van der Waals surface area contributed by atoms with Gasteiger partial charge in [-0.25, -0.2) is 4.39 Å². The summed E-state index contributed by atoms with van der Waals surface area (Å²) < 4.78 is 13.2. The lowest BCUT2D eigenvalue weighted by atomic mass is 9.95. The van der Waals surface area contributed by atoms with Gasteiger partial charge >= 0.3 is 0 Å². The lowest BCUT2D eigenvalue weighted by molar-refractivity contribution is -0.119. The summed E-state index contributed by atoms with van der Waals surface area (Å²) in [5.74, 6) is -0.548. The summed E-state index contributed by atoms with van der Waals surface area (Å²) in [6, 6.07) is 6.42. The van der Waals surface area contributed by atoms with Gasteiger partial charge in [0, 0.05) is 12.3 Å². The second kappa shape index (κ2) is 4.17. The highest BCUT2D eigenvalue weighted by Gasteiger charge is 2.15. The molecule has 0 saturated heterocycles. The lowest BCUT2D eigenvalue weighted by Crippen LogP contribution is -2.08. The average Bonchev–Trinajstić information content (AvgIpc) is 2.16. The molecule has 1 aromatic carbocycles. The molecule has 70 valence electrons. The van der Waals surface area contributed by atoms with Crippen molar-refractivity contribution >= 4 is 5.78 Å². The molecule has 0 saturated carbocycles. The summed E-state index contributed by atoms with van der Waals surface area (Å²) in [7, 11) is 0. The van der Waals surface area contributed by atoms with Crippen LogP contribution in [-0.2, 0) is 4.79 Å². The van der Waals surface area contributed by atoms with Gasteiger partial charge in [0.1, 0.15) is 11.6 Å². The standard InChI is InChI=1S/C11H13FO/c1-3-11(13)8(2)9-6-4-5-7-10(9)12/h4-8H,3H2,1-2H3. The minimum absolute atomic E-state index is 0.0742. The number of ketones is 1. The molecular weight excluding hydrogens is 167 g/mol. The Bertz CT molecular complexity index is 307. The SMILES string of the molecule is CCC(=O)C(C)c1ccccc1F. The molecular formula is C11H13FO. The molecule has 0 heterocycles. The van der Waals surface area contributed by atoms with Gasteiger partial charge in [-0.2, -0.15) is 0 Å². The molecule has 0 radical (unpaired) electrons. The summed E-state index contributed by atoms with van der Waals surface area (Å²) in [6.45, 7) is 3.53. The molecule has 2 heteroatoms. The number of hydrogen-bond acceptors (Lipinski definition) is 1. The van der Waals surface area contributed by atoms with Crippen molar-refractivity contribution in [1.82, 2.24) is 0 Å². The Balaban J connectivity index is 2.95. The number of Topliss-reactive ketones (excluding diaryl/α,β-unsaturated/α-hetero) is 1. The normalized spacial score (nSPS) is 12.5. The molecule has 0 N–H and O–H groups in total. The van der Waals surface area contributed by atoms with Crippen molar-refractivity contribution < 1.29 is 9.18 Å². The topological polar surface area (TPSA) is 17.1 Å². The number of benzene rings is 1. The molecule has 0 aliphatic rings. The van der Waals surface area contributed by atoms with Crippen LogP contribution in [0.15, 0.2) is 24.3 Å². The molecule has 1 aromatic rings. The number of rotatable bonds is 3. The van der Waals surface area contributed by atoms with E-state index in [2.05, 4.69) is 0 Å². The van der Waals surface area contributed by atoms with Gasteiger partial charge in [-0.05, 0) is 11.6 Å². The first-order valence-corrected chi connectivity index (χ1v) is 4.44. The van der Waals surface area contributed by atoms with Crippen molar-refractivity contribution in [2.75, 3.05) is 0 Å². The molecule has 0 bridgehead atoms. The molecule has 0 aliphatic heterocycles. The first-order valence-electron chi connectivity index (χ1n) is 4.44. The van der Waals surface area contributed by atoms with Crippen molar-refractivity contribution in [1.29, 1.82) is 0 Å². The Labute approximate surface area is 77.6 Å². The van der Waals surface area contributed by atoms with E-state index in [1.807, 2.05) is 0 Å². The van der Waals surface area contributed by atoms with E-state index < -0.39 is 0 Å². The Morgan fingerprint density at radius 3 is 2.62 bits per heavy atom. The summed E-state index contributed by atoms with van der Waals surface area (Å²) >= 11 is 0. The molecule has 0 spiro atoms. The minimum Gasteiger partial charge on any atom is -0.299 e. The van der Waals surface area contributed by atoms with E-state index in [1.54, 1.807) is 32.0 Å². The Hall–Kier alpha value is -1.18. The highest BCUT2D eigenvalue weighted by molar-refractivity contribution is 5.85. The van der Waals surface area contributed by atoms with Gasteiger partial charge in [-0.1, -0.05) is 32.0 Å². The van der Waals surface area contributed by atoms with Crippen LogP contribution in [0.4, 0.5) is 4.39 Å². The van der Waals surface area contributed by atoms with Crippen molar-refractivity contribution in [3.8, 4) is 0 Å². The molecule has 1 nitrogen and oxygen atoms in total. The van der Waals surface area contributed by atoms with Gasteiger partial charge in [0.05, 0.1) is 0 Å². The monoisotopic (exact) mass is 180 g/mol. The number of halogens is 1. The van der Waals surface area contributed by atoms with Gasteiger partial charge in [0.25, 0.3) is 0 Å². The van der Waals surface area contributed by atoms with Gasteiger partial charge < -0.3 is 0 Å². The molecule has 0 amide bonds. The van der Waals surface area contributed by atoms with E-state index in [-0.39, 0.29) is 17.5 Å². The van der Waals surface area contributed by atoms with Crippen LogP contribution in [-0.4, -0.2) is 5.78 Å². The van der Waals surface area contributed by atoms with E-state index in [4.69, 9.17) is 0 Å². The first kappa shape index (κ1) is 9.90. The van der Waals surface area contributed by atoms with E-state index in [9.17, 15) is 9.18 Å². The Morgan fingerprint density at radius 2 is 2.08 bits per heavy atom. The molecule has 0 fully saturated rings. The fraction of sp³-hybridized carbons (Fsp3) is 0.364. The number of carbonyl (C=O) groups excluding carboxylic acids is 1. The quantitative estimate of drug-likeness (QED) is 0.699. The van der Waals surface area contributed by atoms with E-state index in [0.717, 1.165) is 0 Å². The Morgan fingerprint density at radius 1 is 1.46 bits per heavy atom. The third kappa shape index (κ3) is 2.14. The largest absolute Gasteiger partial charge is 0.299 e. The summed E-state index contributed by atoms with van der Waals surface area (Å²) in [4.78, 5) is 11.3. The van der Waals surface area contributed by atoms with Crippen LogP contribution in [0.2, 0.25) is 0 Å². The third-order valence-electron chi connectivity index (χ3n) is 2.20. The Kier molecular flexibility index (Phi) is 3.18. The molecule has 13 heavy (non-hydrogen) atoms. The maximum Gasteiger partial charge on any atom is 0.139 e. The third-order valence-corrected chi connectivity index (χ3v) is 2.20. The van der Waals surface area contributed by atoms with Gasteiger partial charge in [-0.15, -0.1) is 0 Å². The molecule has 1 unspecified atom stereocenters. The van der Waals surface area contributed by atoms with Crippen molar-refractivity contribution in [3.63, 3.8) is 0 Å². The van der Waals surface area contributed by atoms with Crippen LogP contribution >= 0.6 is 0 Å². The maximum absolute atomic E-state index is 13.2. The highest BCUT2D eigenvalue weighted by atomic mass is 19.1. The fourth-order valence-corrected chi connectivity index (χ4v) is 1.31. The fourth-order valence-electron chi connectivity index (χ4n) is 1.31. The van der Waals surface area contributed by atoms with Crippen LogP contribution < -0.4 is 0 Å². The number of carbonyl (C=O) groups is 1. The second-order valence-corrected chi connectivity index (χ2v) is 3.06. The summed E-state index contributed by atoms with van der Waals surface area (Å²) in [5.41, 5.74) is 0.495. The molecule has 0 aromatic heterocycles. The van der Waals surface area contributed by atoms with Gasteiger partial charge in [0.15, 0.2) is 0 Å². The number of hydrogen-bond donors (Lipinski definition) is 0. The van der Waals surface area contributed by atoms with E-state index in [1.165, 1.54) is 6.07 Å². The van der Waals surface area contributed by atoms with Crippen molar-refractivity contribution in [2.45, 2.75) is 26.2 Å². The zero-order chi connectivity index (χ0) is 9.84. The zero-order valence-corrected chi connectivity index (χ0v) is 7.88. The highest BCUT2D eigenvalue weighted by Crippen LogP contribution is 2.20. The van der Waals surface area contributed by atoms with E-state index >= 15 is 0 Å². The predicted molar refractivity (Wildman–Crippen MR) is 50.1 cm³/mol. The van der Waals surface area contributed by atoms with Crippen LogP contribution in [0.1, 0.15) is 31.7 Å². The van der Waals surface area contributed by atoms with Crippen LogP contribution in [0.25, 0.3) is 0 Å². The maximum atomic E-state index is 13.2. The summed E-state index contributed by atoms with van der Waals surface area (Å²) in [5, 5.41) is 0. The van der Waals surface area contributed by atoms with Crippen molar-refractivity contribution in [3.05, 3.63) is 35.6 Å². The van der Waals surface area contributed by atoms with Crippen molar-refractivity contribution in [2.24, 2.45) is 0 Å². The minimum atomic E-state index is -0.328. The first-order chi connectivity index (χ1) is 6.16. The predicted octanol–water partition coefficient (Wildman–Crippen LogP) is 2.91. The molecule has 1 atom stereocenters. The second-order valence-electron chi connectivity index (χ2n) is 3.06.